The SMILES string of the molecule is CCNc1cc(Oc2cccc([N+](=O)[O-])c2)nc(N)n1. The van der Waals surface area contributed by atoms with Crippen LogP contribution in [0.4, 0.5) is 17.5 Å². The third kappa shape index (κ3) is 3.31. The van der Waals surface area contributed by atoms with Gasteiger partial charge in [0.25, 0.3) is 5.69 Å². The van der Waals surface area contributed by atoms with Gasteiger partial charge in [-0.3, -0.25) is 10.1 Å². The number of benzene rings is 1. The molecule has 0 aliphatic heterocycles. The number of hydrogen-bond acceptors (Lipinski definition) is 7. The molecule has 20 heavy (non-hydrogen) atoms. The Morgan fingerprint density at radius 3 is 2.90 bits per heavy atom. The van der Waals surface area contributed by atoms with Gasteiger partial charge in [0.05, 0.1) is 11.0 Å². The number of nitrogen functional groups attached to an aromatic ring is 1. The molecule has 2 aromatic rings. The van der Waals surface area contributed by atoms with Crippen molar-refractivity contribution in [1.29, 1.82) is 0 Å². The van der Waals surface area contributed by atoms with E-state index >= 15 is 0 Å². The van der Waals surface area contributed by atoms with Gasteiger partial charge in [0.15, 0.2) is 0 Å². The monoisotopic (exact) mass is 275 g/mol. The number of rotatable bonds is 5. The first kappa shape index (κ1) is 13.5. The van der Waals surface area contributed by atoms with Crippen molar-refractivity contribution in [2.75, 3.05) is 17.6 Å². The Kier molecular flexibility index (Phi) is 3.94. The predicted octanol–water partition coefficient (Wildman–Crippen LogP) is 2.19. The molecule has 2 rings (SSSR count). The molecule has 0 spiro atoms. The van der Waals surface area contributed by atoms with Crippen molar-refractivity contribution < 1.29 is 9.66 Å². The van der Waals surface area contributed by atoms with Crippen LogP contribution < -0.4 is 15.8 Å². The van der Waals surface area contributed by atoms with Gasteiger partial charge in [0.2, 0.25) is 11.8 Å². The Morgan fingerprint density at radius 1 is 1.40 bits per heavy atom. The lowest BCUT2D eigenvalue weighted by Gasteiger charge is -2.08. The van der Waals surface area contributed by atoms with E-state index in [0.29, 0.717) is 18.1 Å². The van der Waals surface area contributed by atoms with E-state index in [-0.39, 0.29) is 17.5 Å². The summed E-state index contributed by atoms with van der Waals surface area (Å²) >= 11 is 0. The second-order valence-electron chi connectivity index (χ2n) is 3.84. The standard InChI is InChI=1S/C12H13N5O3/c1-2-14-10-7-11(16-12(13)15-10)20-9-5-3-4-8(6-9)17(18)19/h3-7H,2H2,1H3,(H3,13,14,15,16). The van der Waals surface area contributed by atoms with Gasteiger partial charge >= 0.3 is 0 Å². The van der Waals surface area contributed by atoms with Gasteiger partial charge in [0, 0.05) is 18.7 Å². The highest BCUT2D eigenvalue weighted by atomic mass is 16.6. The molecule has 0 fully saturated rings. The van der Waals surface area contributed by atoms with E-state index in [9.17, 15) is 10.1 Å². The molecule has 0 amide bonds. The number of nitro benzene ring substituents is 1. The topological polar surface area (TPSA) is 116 Å². The van der Waals surface area contributed by atoms with Gasteiger partial charge in [0.1, 0.15) is 11.6 Å². The number of hydrogen-bond donors (Lipinski definition) is 2. The van der Waals surface area contributed by atoms with Crippen molar-refractivity contribution in [3.63, 3.8) is 0 Å². The Hall–Kier alpha value is -2.90. The minimum absolute atomic E-state index is 0.0589. The van der Waals surface area contributed by atoms with Crippen molar-refractivity contribution in [3.8, 4) is 11.6 Å². The van der Waals surface area contributed by atoms with Crippen molar-refractivity contribution in [1.82, 2.24) is 9.97 Å². The molecular weight excluding hydrogens is 262 g/mol. The molecule has 0 bridgehead atoms. The molecule has 1 aromatic heterocycles. The van der Waals surface area contributed by atoms with Crippen LogP contribution in [0.15, 0.2) is 30.3 Å². The molecule has 3 N–H and O–H groups in total. The molecule has 0 saturated carbocycles. The molecule has 8 heteroatoms. The first-order valence-electron chi connectivity index (χ1n) is 5.89. The average molecular weight is 275 g/mol. The summed E-state index contributed by atoms with van der Waals surface area (Å²) in [5.41, 5.74) is 5.51. The van der Waals surface area contributed by atoms with E-state index in [1.165, 1.54) is 18.2 Å². The van der Waals surface area contributed by atoms with E-state index in [2.05, 4.69) is 15.3 Å². The predicted molar refractivity (Wildman–Crippen MR) is 73.8 cm³/mol. The zero-order valence-corrected chi connectivity index (χ0v) is 10.7. The van der Waals surface area contributed by atoms with Crippen molar-refractivity contribution in [3.05, 3.63) is 40.4 Å². The van der Waals surface area contributed by atoms with Gasteiger partial charge in [-0.2, -0.15) is 9.97 Å². The van der Waals surface area contributed by atoms with E-state index in [1.807, 2.05) is 6.92 Å². The normalized spacial score (nSPS) is 10.1. The lowest BCUT2D eigenvalue weighted by atomic mass is 10.3. The molecule has 1 heterocycles. The number of non-ortho nitro benzene ring substituents is 1. The zero-order chi connectivity index (χ0) is 14.5. The Bertz CT molecular complexity index is 632. The summed E-state index contributed by atoms with van der Waals surface area (Å²) in [6.07, 6.45) is 0. The number of aromatic nitrogens is 2. The average Bonchev–Trinajstić information content (AvgIpc) is 2.38. The minimum atomic E-state index is -0.495. The Morgan fingerprint density at radius 2 is 2.20 bits per heavy atom. The van der Waals surface area contributed by atoms with Crippen molar-refractivity contribution in [2.24, 2.45) is 0 Å². The second kappa shape index (κ2) is 5.83. The largest absolute Gasteiger partial charge is 0.439 e. The molecule has 104 valence electrons. The lowest BCUT2D eigenvalue weighted by molar-refractivity contribution is -0.384. The maximum atomic E-state index is 10.7. The Balaban J connectivity index is 2.25. The molecule has 0 aliphatic rings. The van der Waals surface area contributed by atoms with Crippen LogP contribution >= 0.6 is 0 Å². The fraction of sp³-hybridized carbons (Fsp3) is 0.167. The highest BCUT2D eigenvalue weighted by Crippen LogP contribution is 2.25. The molecule has 0 aliphatic carbocycles. The van der Waals surface area contributed by atoms with Crippen LogP contribution in [0.25, 0.3) is 0 Å². The first-order chi connectivity index (χ1) is 9.58. The smallest absolute Gasteiger partial charge is 0.273 e. The number of nitrogens with zero attached hydrogens (tertiary/aromatic N) is 3. The molecule has 0 unspecified atom stereocenters. The van der Waals surface area contributed by atoms with Crippen LogP contribution in [-0.2, 0) is 0 Å². The molecular formula is C12H13N5O3. The van der Waals surface area contributed by atoms with Gasteiger partial charge in [-0.25, -0.2) is 0 Å². The van der Waals surface area contributed by atoms with Crippen molar-refractivity contribution in [2.45, 2.75) is 6.92 Å². The Labute approximate surface area is 114 Å². The molecule has 0 atom stereocenters. The summed E-state index contributed by atoms with van der Waals surface area (Å²) < 4.78 is 5.46. The fourth-order valence-electron chi connectivity index (χ4n) is 1.55. The number of anilines is 2. The first-order valence-corrected chi connectivity index (χ1v) is 5.89. The summed E-state index contributed by atoms with van der Waals surface area (Å²) in [4.78, 5) is 18.1. The van der Waals surface area contributed by atoms with E-state index in [1.54, 1.807) is 12.1 Å². The fourth-order valence-corrected chi connectivity index (χ4v) is 1.55. The summed E-state index contributed by atoms with van der Waals surface area (Å²) in [6, 6.07) is 7.39. The maximum absolute atomic E-state index is 10.7. The summed E-state index contributed by atoms with van der Waals surface area (Å²) in [5.74, 6) is 1.11. The minimum Gasteiger partial charge on any atom is -0.439 e. The second-order valence-corrected chi connectivity index (χ2v) is 3.84. The van der Waals surface area contributed by atoms with Crippen LogP contribution in [0, 0.1) is 10.1 Å². The van der Waals surface area contributed by atoms with Crippen LogP contribution in [0.1, 0.15) is 6.92 Å². The number of nitro groups is 1. The third-order valence-electron chi connectivity index (χ3n) is 2.33. The molecule has 0 saturated heterocycles. The molecule has 1 aromatic carbocycles. The van der Waals surface area contributed by atoms with E-state index in [4.69, 9.17) is 10.5 Å². The quantitative estimate of drug-likeness (QED) is 0.634. The van der Waals surface area contributed by atoms with Crippen LogP contribution in [0.3, 0.4) is 0 Å². The third-order valence-corrected chi connectivity index (χ3v) is 2.33. The van der Waals surface area contributed by atoms with Crippen molar-refractivity contribution >= 4 is 17.5 Å². The summed E-state index contributed by atoms with van der Waals surface area (Å²) in [7, 11) is 0. The van der Waals surface area contributed by atoms with Crippen LogP contribution in [0.2, 0.25) is 0 Å². The highest BCUT2D eigenvalue weighted by molar-refractivity contribution is 5.45. The zero-order valence-electron chi connectivity index (χ0n) is 10.7. The van der Waals surface area contributed by atoms with Gasteiger partial charge in [-0.05, 0) is 13.0 Å². The summed E-state index contributed by atoms with van der Waals surface area (Å²) in [5, 5.41) is 13.7. The van der Waals surface area contributed by atoms with E-state index in [0.717, 1.165) is 0 Å². The van der Waals surface area contributed by atoms with Crippen LogP contribution in [0.5, 0.6) is 11.6 Å². The van der Waals surface area contributed by atoms with Gasteiger partial charge < -0.3 is 15.8 Å². The maximum Gasteiger partial charge on any atom is 0.273 e. The van der Waals surface area contributed by atoms with Gasteiger partial charge in [-0.15, -0.1) is 0 Å². The van der Waals surface area contributed by atoms with E-state index < -0.39 is 4.92 Å². The number of nitrogens with two attached hydrogens (primary N) is 1. The number of nitrogens with one attached hydrogen (secondary N) is 1. The lowest BCUT2D eigenvalue weighted by Crippen LogP contribution is -2.04. The number of ether oxygens (including phenoxy) is 1. The molecule has 0 radical (unpaired) electrons. The van der Waals surface area contributed by atoms with Crippen LogP contribution in [-0.4, -0.2) is 21.4 Å². The molecule has 8 nitrogen and oxygen atoms in total. The van der Waals surface area contributed by atoms with Gasteiger partial charge in [-0.1, -0.05) is 6.07 Å². The highest BCUT2D eigenvalue weighted by Gasteiger charge is 2.09. The summed E-state index contributed by atoms with van der Waals surface area (Å²) in [6.45, 7) is 2.59.